The van der Waals surface area contributed by atoms with E-state index >= 15 is 0 Å². The Morgan fingerprint density at radius 2 is 2.18 bits per heavy atom. The largest absolute Gasteiger partial charge is 0.207 e. The van der Waals surface area contributed by atoms with Crippen LogP contribution in [0.15, 0.2) is 0 Å². The van der Waals surface area contributed by atoms with Gasteiger partial charge in [0, 0.05) is 5.92 Å². The van der Waals surface area contributed by atoms with Crippen LogP contribution >= 0.6 is 22.9 Å². The third-order valence-electron chi connectivity index (χ3n) is 2.23. The zero-order valence-electron chi connectivity index (χ0n) is 6.47. The molecule has 4 heteroatoms. The van der Waals surface area contributed by atoms with Gasteiger partial charge in [-0.15, -0.1) is 10.2 Å². The third kappa shape index (κ3) is 1.27. The van der Waals surface area contributed by atoms with Crippen LogP contribution in [0.4, 0.5) is 0 Å². The summed E-state index contributed by atoms with van der Waals surface area (Å²) in [5.74, 6) is 0.604. The van der Waals surface area contributed by atoms with Crippen LogP contribution in [0.2, 0.25) is 4.47 Å². The number of hydrogen-bond acceptors (Lipinski definition) is 3. The lowest BCUT2D eigenvalue weighted by molar-refractivity contribution is 0.618. The molecule has 1 aromatic heterocycles. The van der Waals surface area contributed by atoms with Gasteiger partial charge in [0.25, 0.3) is 0 Å². The summed E-state index contributed by atoms with van der Waals surface area (Å²) in [6.07, 6.45) is 1.22. The lowest BCUT2D eigenvalue weighted by atomic mass is 10.1. The van der Waals surface area contributed by atoms with E-state index in [0.29, 0.717) is 15.8 Å². The zero-order chi connectivity index (χ0) is 8.06. The average molecular weight is 189 g/mol. The molecule has 2 rings (SSSR count). The molecule has 0 saturated heterocycles. The van der Waals surface area contributed by atoms with E-state index in [2.05, 4.69) is 24.0 Å². The zero-order valence-corrected chi connectivity index (χ0v) is 8.04. The van der Waals surface area contributed by atoms with Crippen molar-refractivity contribution in [3.8, 4) is 0 Å². The molecular weight excluding hydrogens is 180 g/mol. The summed E-state index contributed by atoms with van der Waals surface area (Å²) in [7, 11) is 0. The van der Waals surface area contributed by atoms with Gasteiger partial charge < -0.3 is 0 Å². The molecule has 11 heavy (non-hydrogen) atoms. The first-order valence-corrected chi connectivity index (χ1v) is 4.78. The molecule has 0 aromatic carbocycles. The summed E-state index contributed by atoms with van der Waals surface area (Å²) >= 11 is 7.17. The predicted molar refractivity (Wildman–Crippen MR) is 46.1 cm³/mol. The van der Waals surface area contributed by atoms with E-state index < -0.39 is 0 Å². The van der Waals surface area contributed by atoms with Gasteiger partial charge >= 0.3 is 0 Å². The number of aromatic nitrogens is 2. The molecule has 0 radical (unpaired) electrons. The van der Waals surface area contributed by atoms with E-state index in [9.17, 15) is 0 Å². The summed E-state index contributed by atoms with van der Waals surface area (Å²) in [6, 6.07) is 0. The van der Waals surface area contributed by atoms with E-state index in [1.165, 1.54) is 17.8 Å². The maximum absolute atomic E-state index is 5.67. The summed E-state index contributed by atoms with van der Waals surface area (Å²) < 4.78 is 0.558. The van der Waals surface area contributed by atoms with Crippen molar-refractivity contribution >= 4 is 22.9 Å². The highest BCUT2D eigenvalue weighted by atomic mass is 35.5. The van der Waals surface area contributed by atoms with E-state index in [1.807, 2.05) is 0 Å². The summed E-state index contributed by atoms with van der Waals surface area (Å²) in [4.78, 5) is 0. The van der Waals surface area contributed by atoms with Crippen LogP contribution in [-0.2, 0) is 0 Å². The third-order valence-corrected chi connectivity index (χ3v) is 3.36. The molecule has 1 aliphatic rings. The van der Waals surface area contributed by atoms with Crippen molar-refractivity contribution in [2.24, 2.45) is 5.41 Å². The number of nitrogens with zero attached hydrogens (tertiary/aromatic N) is 2. The van der Waals surface area contributed by atoms with Gasteiger partial charge in [0.1, 0.15) is 5.01 Å². The molecule has 1 atom stereocenters. The van der Waals surface area contributed by atoms with Crippen LogP contribution in [0.1, 0.15) is 31.2 Å². The first kappa shape index (κ1) is 7.50. The minimum Gasteiger partial charge on any atom is -0.142 e. The first-order valence-electron chi connectivity index (χ1n) is 3.58. The standard InChI is InChI=1S/C7H9ClN2S/c1-7(2)3-4(7)5-9-10-6(8)11-5/h4H,3H2,1-2H3. The smallest absolute Gasteiger partial charge is 0.142 e. The lowest BCUT2D eigenvalue weighted by Crippen LogP contribution is -1.88. The molecule has 1 heterocycles. The molecule has 1 unspecified atom stereocenters. The van der Waals surface area contributed by atoms with Gasteiger partial charge in [-0.1, -0.05) is 25.2 Å². The van der Waals surface area contributed by atoms with Crippen LogP contribution in [0.3, 0.4) is 0 Å². The Kier molecular flexibility index (Phi) is 1.48. The molecule has 1 aromatic rings. The molecule has 1 fully saturated rings. The summed E-state index contributed by atoms with van der Waals surface area (Å²) in [5, 5.41) is 8.88. The van der Waals surface area contributed by atoms with Gasteiger partial charge in [-0.25, -0.2) is 0 Å². The molecule has 0 spiro atoms. The molecule has 1 aliphatic carbocycles. The molecule has 60 valence electrons. The SMILES string of the molecule is CC1(C)CC1c1nnc(Cl)s1. The second kappa shape index (κ2) is 2.17. The number of rotatable bonds is 1. The lowest BCUT2D eigenvalue weighted by Gasteiger charge is -1.96. The molecule has 1 saturated carbocycles. The van der Waals surface area contributed by atoms with Crippen LogP contribution in [0.25, 0.3) is 0 Å². The van der Waals surface area contributed by atoms with Crippen molar-refractivity contribution in [2.75, 3.05) is 0 Å². The van der Waals surface area contributed by atoms with Crippen LogP contribution < -0.4 is 0 Å². The molecule has 0 N–H and O–H groups in total. The molecule has 2 nitrogen and oxygen atoms in total. The van der Waals surface area contributed by atoms with Crippen LogP contribution in [0, 0.1) is 5.41 Å². The van der Waals surface area contributed by atoms with E-state index in [4.69, 9.17) is 11.6 Å². The summed E-state index contributed by atoms with van der Waals surface area (Å²) in [6.45, 7) is 4.49. The van der Waals surface area contributed by atoms with Crippen molar-refractivity contribution in [3.63, 3.8) is 0 Å². The van der Waals surface area contributed by atoms with Crippen molar-refractivity contribution in [3.05, 3.63) is 9.47 Å². The molecule has 0 amide bonds. The Morgan fingerprint density at radius 1 is 1.55 bits per heavy atom. The number of halogens is 1. The van der Waals surface area contributed by atoms with Crippen molar-refractivity contribution in [2.45, 2.75) is 26.2 Å². The second-order valence-electron chi connectivity index (χ2n) is 3.64. The van der Waals surface area contributed by atoms with Crippen LogP contribution in [0.5, 0.6) is 0 Å². The minimum atomic E-state index is 0.433. The highest BCUT2D eigenvalue weighted by Gasteiger charge is 2.48. The fourth-order valence-electron chi connectivity index (χ4n) is 1.25. The van der Waals surface area contributed by atoms with E-state index in [-0.39, 0.29) is 0 Å². The first-order chi connectivity index (χ1) is 5.09. The minimum absolute atomic E-state index is 0.433. The van der Waals surface area contributed by atoms with Gasteiger partial charge in [-0.05, 0) is 23.4 Å². The fourth-order valence-corrected chi connectivity index (χ4v) is 2.40. The summed E-state index contributed by atoms with van der Waals surface area (Å²) in [5.41, 5.74) is 0.433. The van der Waals surface area contributed by atoms with Crippen molar-refractivity contribution in [1.29, 1.82) is 0 Å². The number of hydrogen-bond donors (Lipinski definition) is 0. The highest BCUT2D eigenvalue weighted by Crippen LogP contribution is 2.59. The van der Waals surface area contributed by atoms with Gasteiger partial charge in [-0.3, -0.25) is 0 Å². The molecule has 0 bridgehead atoms. The normalized spacial score (nSPS) is 27.0. The Hall–Kier alpha value is -0.150. The van der Waals surface area contributed by atoms with Crippen molar-refractivity contribution < 1.29 is 0 Å². The van der Waals surface area contributed by atoms with Crippen LogP contribution in [-0.4, -0.2) is 10.2 Å². The topological polar surface area (TPSA) is 25.8 Å². The Balaban J connectivity index is 2.20. The van der Waals surface area contributed by atoms with Crippen molar-refractivity contribution in [1.82, 2.24) is 10.2 Å². The molecular formula is C7H9ClN2S. The monoisotopic (exact) mass is 188 g/mol. The maximum atomic E-state index is 5.67. The van der Waals surface area contributed by atoms with Gasteiger partial charge in [0.2, 0.25) is 4.47 Å². The Morgan fingerprint density at radius 3 is 2.55 bits per heavy atom. The quantitative estimate of drug-likeness (QED) is 0.678. The van der Waals surface area contributed by atoms with E-state index in [0.717, 1.165) is 5.01 Å². The van der Waals surface area contributed by atoms with E-state index in [1.54, 1.807) is 0 Å². The van der Waals surface area contributed by atoms with Gasteiger partial charge in [-0.2, -0.15) is 0 Å². The second-order valence-corrected chi connectivity index (χ2v) is 5.23. The Bertz CT molecular complexity index is 282. The Labute approximate surface area is 74.6 Å². The predicted octanol–water partition coefficient (Wildman–Crippen LogP) is 2.71. The van der Waals surface area contributed by atoms with Gasteiger partial charge in [0.05, 0.1) is 0 Å². The maximum Gasteiger partial charge on any atom is 0.207 e. The highest BCUT2D eigenvalue weighted by molar-refractivity contribution is 7.15. The molecule has 0 aliphatic heterocycles. The fraction of sp³-hybridized carbons (Fsp3) is 0.714. The average Bonchev–Trinajstić information content (AvgIpc) is 2.39. The van der Waals surface area contributed by atoms with Gasteiger partial charge in [0.15, 0.2) is 0 Å².